The first-order valence-electron chi connectivity index (χ1n) is 9.32. The van der Waals surface area contributed by atoms with Crippen LogP contribution in [0.4, 0.5) is 5.13 Å². The van der Waals surface area contributed by atoms with Gasteiger partial charge in [0.15, 0.2) is 5.13 Å². The van der Waals surface area contributed by atoms with Crippen molar-refractivity contribution in [3.63, 3.8) is 0 Å². The van der Waals surface area contributed by atoms with E-state index in [0.717, 1.165) is 37.3 Å². The van der Waals surface area contributed by atoms with E-state index in [4.69, 9.17) is 16.3 Å². The van der Waals surface area contributed by atoms with Crippen LogP contribution in [0.15, 0.2) is 35.7 Å². The SMILES string of the molecule is Cc1cc(-c2csc(NC(=O)c3cccc(Cl)c3)n2)c(C)n1C[C@@H]1CCCO1. The van der Waals surface area contributed by atoms with Crippen molar-refractivity contribution in [1.82, 2.24) is 9.55 Å². The number of anilines is 1. The van der Waals surface area contributed by atoms with Gasteiger partial charge in [-0.2, -0.15) is 0 Å². The number of amides is 1. The number of aromatic nitrogens is 2. The third-order valence-electron chi connectivity index (χ3n) is 5.07. The fourth-order valence-electron chi connectivity index (χ4n) is 3.59. The number of hydrogen-bond donors (Lipinski definition) is 1. The molecule has 0 spiro atoms. The predicted octanol–water partition coefficient (Wildman–Crippen LogP) is 5.31. The lowest BCUT2D eigenvalue weighted by atomic mass is 10.2. The van der Waals surface area contributed by atoms with E-state index in [1.54, 1.807) is 24.3 Å². The molecule has 1 N–H and O–H groups in total. The highest BCUT2D eigenvalue weighted by Gasteiger charge is 2.20. The molecule has 2 aromatic heterocycles. The summed E-state index contributed by atoms with van der Waals surface area (Å²) in [4.78, 5) is 17.0. The van der Waals surface area contributed by atoms with Crippen molar-refractivity contribution in [2.24, 2.45) is 0 Å². The largest absolute Gasteiger partial charge is 0.376 e. The van der Waals surface area contributed by atoms with Crippen LogP contribution < -0.4 is 5.32 Å². The minimum Gasteiger partial charge on any atom is -0.376 e. The second-order valence-electron chi connectivity index (χ2n) is 7.03. The number of nitrogens with one attached hydrogen (secondary N) is 1. The number of carbonyl (C=O) groups excluding carboxylic acids is 1. The Balaban J connectivity index is 1.52. The van der Waals surface area contributed by atoms with Crippen LogP contribution in [0, 0.1) is 13.8 Å². The lowest BCUT2D eigenvalue weighted by Crippen LogP contribution is -2.16. The molecule has 3 aromatic rings. The number of halogens is 1. The molecule has 1 aromatic carbocycles. The normalized spacial score (nSPS) is 16.5. The molecule has 1 saturated heterocycles. The Morgan fingerprint density at radius 3 is 3.00 bits per heavy atom. The summed E-state index contributed by atoms with van der Waals surface area (Å²) in [5.74, 6) is -0.216. The topological polar surface area (TPSA) is 56.2 Å². The first kappa shape index (κ1) is 19.2. The van der Waals surface area contributed by atoms with E-state index in [0.29, 0.717) is 21.8 Å². The van der Waals surface area contributed by atoms with Gasteiger partial charge in [-0.15, -0.1) is 11.3 Å². The molecule has 1 aliphatic rings. The van der Waals surface area contributed by atoms with Gasteiger partial charge in [0.1, 0.15) is 0 Å². The van der Waals surface area contributed by atoms with Gasteiger partial charge in [-0.25, -0.2) is 4.98 Å². The van der Waals surface area contributed by atoms with Crippen molar-refractivity contribution in [1.29, 1.82) is 0 Å². The van der Waals surface area contributed by atoms with Crippen LogP contribution >= 0.6 is 22.9 Å². The molecule has 1 fully saturated rings. The van der Waals surface area contributed by atoms with Crippen LogP contribution in [-0.2, 0) is 11.3 Å². The monoisotopic (exact) mass is 415 g/mol. The van der Waals surface area contributed by atoms with Gasteiger partial charge in [-0.3, -0.25) is 10.1 Å². The predicted molar refractivity (Wildman–Crippen MR) is 113 cm³/mol. The average Bonchev–Trinajstić information content (AvgIpc) is 3.40. The third-order valence-corrected chi connectivity index (χ3v) is 6.06. The lowest BCUT2D eigenvalue weighted by molar-refractivity contribution is 0.0962. The molecular weight excluding hydrogens is 394 g/mol. The molecule has 0 saturated carbocycles. The number of nitrogens with zero attached hydrogens (tertiary/aromatic N) is 2. The van der Waals surface area contributed by atoms with Gasteiger partial charge < -0.3 is 9.30 Å². The first-order valence-corrected chi connectivity index (χ1v) is 10.6. The van der Waals surface area contributed by atoms with Gasteiger partial charge in [0.05, 0.1) is 11.8 Å². The summed E-state index contributed by atoms with van der Waals surface area (Å²) in [6, 6.07) is 9.03. The molecule has 1 aliphatic heterocycles. The van der Waals surface area contributed by atoms with E-state index < -0.39 is 0 Å². The summed E-state index contributed by atoms with van der Waals surface area (Å²) in [6.07, 6.45) is 2.54. The number of benzene rings is 1. The van der Waals surface area contributed by atoms with Crippen molar-refractivity contribution >= 4 is 34.0 Å². The summed E-state index contributed by atoms with van der Waals surface area (Å²) in [5, 5.41) is 5.94. The maximum Gasteiger partial charge on any atom is 0.257 e. The maximum atomic E-state index is 12.4. The van der Waals surface area contributed by atoms with Gasteiger partial charge in [0, 0.05) is 46.1 Å². The van der Waals surface area contributed by atoms with Gasteiger partial charge >= 0.3 is 0 Å². The van der Waals surface area contributed by atoms with E-state index in [9.17, 15) is 4.79 Å². The highest BCUT2D eigenvalue weighted by Crippen LogP contribution is 2.31. The number of aryl methyl sites for hydroxylation is 1. The summed E-state index contributed by atoms with van der Waals surface area (Å²) < 4.78 is 8.09. The van der Waals surface area contributed by atoms with Gasteiger partial charge in [0.2, 0.25) is 0 Å². The van der Waals surface area contributed by atoms with Gasteiger partial charge in [0.25, 0.3) is 5.91 Å². The average molecular weight is 416 g/mol. The Bertz CT molecular complexity index is 1010. The molecule has 5 nitrogen and oxygen atoms in total. The minimum absolute atomic E-state index is 0.216. The second kappa shape index (κ2) is 8.07. The van der Waals surface area contributed by atoms with Gasteiger partial charge in [-0.05, 0) is 51.0 Å². The molecule has 1 atom stereocenters. The maximum absolute atomic E-state index is 12.4. The molecule has 28 heavy (non-hydrogen) atoms. The molecule has 1 amide bonds. The quantitative estimate of drug-likeness (QED) is 0.614. The lowest BCUT2D eigenvalue weighted by Gasteiger charge is -2.14. The molecular formula is C21H22ClN3O2S. The van der Waals surface area contributed by atoms with Crippen LogP contribution in [0.2, 0.25) is 5.02 Å². The Kier molecular flexibility index (Phi) is 5.53. The smallest absolute Gasteiger partial charge is 0.257 e. The second-order valence-corrected chi connectivity index (χ2v) is 8.33. The zero-order valence-electron chi connectivity index (χ0n) is 15.9. The Morgan fingerprint density at radius 1 is 1.39 bits per heavy atom. The molecule has 4 rings (SSSR count). The summed E-state index contributed by atoms with van der Waals surface area (Å²) in [7, 11) is 0. The van der Waals surface area contributed by atoms with E-state index >= 15 is 0 Å². The number of hydrogen-bond acceptors (Lipinski definition) is 4. The number of ether oxygens (including phenoxy) is 1. The first-order chi connectivity index (χ1) is 13.5. The van der Waals surface area contributed by atoms with E-state index in [-0.39, 0.29) is 5.91 Å². The molecule has 146 valence electrons. The Morgan fingerprint density at radius 2 is 2.25 bits per heavy atom. The number of thiazole rings is 1. The van der Waals surface area contributed by atoms with Crippen molar-refractivity contribution in [2.75, 3.05) is 11.9 Å². The fraction of sp³-hybridized carbons (Fsp3) is 0.333. The number of rotatable bonds is 5. The van der Waals surface area contributed by atoms with Crippen LogP contribution in [0.1, 0.15) is 34.6 Å². The standard InChI is InChI=1S/C21H22ClN3O2S/c1-13-9-18(14(2)25(13)11-17-7-4-8-27-17)19-12-28-21(23-19)24-20(26)15-5-3-6-16(22)10-15/h3,5-6,9-10,12,17H,4,7-8,11H2,1-2H3,(H,23,24,26)/t17-/m0/s1. The van der Waals surface area contributed by atoms with Crippen LogP contribution in [-0.4, -0.2) is 28.2 Å². The van der Waals surface area contributed by atoms with Crippen molar-refractivity contribution in [2.45, 2.75) is 39.3 Å². The number of carbonyl (C=O) groups is 1. The molecule has 7 heteroatoms. The van der Waals surface area contributed by atoms with E-state index in [1.807, 2.05) is 5.38 Å². The van der Waals surface area contributed by atoms with Crippen LogP contribution in [0.5, 0.6) is 0 Å². The zero-order valence-corrected chi connectivity index (χ0v) is 17.4. The molecule has 0 aliphatic carbocycles. The molecule has 0 radical (unpaired) electrons. The van der Waals surface area contributed by atoms with Crippen molar-refractivity contribution < 1.29 is 9.53 Å². The van der Waals surface area contributed by atoms with Gasteiger partial charge in [-0.1, -0.05) is 17.7 Å². The van der Waals surface area contributed by atoms with Crippen LogP contribution in [0.3, 0.4) is 0 Å². The van der Waals surface area contributed by atoms with Crippen molar-refractivity contribution in [3.05, 3.63) is 57.7 Å². The molecule has 3 heterocycles. The van der Waals surface area contributed by atoms with E-state index in [1.165, 1.54) is 22.7 Å². The Hall–Kier alpha value is -2.15. The van der Waals surface area contributed by atoms with Crippen molar-refractivity contribution in [3.8, 4) is 11.3 Å². The summed E-state index contributed by atoms with van der Waals surface area (Å²) in [5.41, 5.74) is 4.85. The molecule has 0 unspecified atom stereocenters. The zero-order chi connectivity index (χ0) is 19.7. The van der Waals surface area contributed by atoms with Crippen LogP contribution in [0.25, 0.3) is 11.3 Å². The highest BCUT2D eigenvalue weighted by atomic mass is 35.5. The third kappa shape index (κ3) is 3.99. The summed E-state index contributed by atoms with van der Waals surface area (Å²) >= 11 is 7.39. The fourth-order valence-corrected chi connectivity index (χ4v) is 4.48. The highest BCUT2D eigenvalue weighted by molar-refractivity contribution is 7.14. The minimum atomic E-state index is -0.216. The Labute approximate surface area is 173 Å². The van der Waals surface area contributed by atoms with E-state index in [2.05, 4.69) is 34.8 Å². The molecule has 0 bridgehead atoms. The summed E-state index contributed by atoms with van der Waals surface area (Å²) in [6.45, 7) is 5.96.